The Bertz CT molecular complexity index is 355. The van der Waals surface area contributed by atoms with Crippen LogP contribution in [0.15, 0.2) is 22.7 Å². The zero-order valence-corrected chi connectivity index (χ0v) is 12.3. The van der Waals surface area contributed by atoms with Crippen LogP contribution < -0.4 is 10.5 Å². The lowest BCUT2D eigenvalue weighted by atomic mass is 10.0. The summed E-state index contributed by atoms with van der Waals surface area (Å²) >= 11 is 3.47. The van der Waals surface area contributed by atoms with Gasteiger partial charge in [0.05, 0.1) is 7.11 Å². The summed E-state index contributed by atoms with van der Waals surface area (Å²) in [5.74, 6) is 0.911. The van der Waals surface area contributed by atoms with Crippen LogP contribution in [-0.4, -0.2) is 38.7 Å². The van der Waals surface area contributed by atoms with Crippen LogP contribution in [0.4, 0.5) is 0 Å². The molecule has 1 atom stereocenters. The van der Waals surface area contributed by atoms with E-state index in [-0.39, 0.29) is 6.04 Å². The van der Waals surface area contributed by atoms with Crippen LogP contribution in [0.25, 0.3) is 0 Å². The third-order valence-electron chi connectivity index (χ3n) is 2.67. The first-order chi connectivity index (χ1) is 8.02. The number of hydrogen-bond acceptors (Lipinski definition) is 3. The van der Waals surface area contributed by atoms with Gasteiger partial charge >= 0.3 is 0 Å². The molecule has 1 rings (SSSR count). The Morgan fingerprint density at radius 2 is 2.12 bits per heavy atom. The zero-order valence-electron chi connectivity index (χ0n) is 10.7. The van der Waals surface area contributed by atoms with Crippen molar-refractivity contribution in [3.8, 4) is 5.75 Å². The summed E-state index contributed by atoms with van der Waals surface area (Å²) in [6.07, 6.45) is 1.83. The normalized spacial score (nSPS) is 12.8. The predicted molar refractivity (Wildman–Crippen MR) is 75.5 cm³/mol. The van der Waals surface area contributed by atoms with Gasteiger partial charge in [0.25, 0.3) is 0 Å². The lowest BCUT2D eigenvalue weighted by Gasteiger charge is -2.17. The average Bonchev–Trinajstić information content (AvgIpc) is 2.27. The van der Waals surface area contributed by atoms with Crippen molar-refractivity contribution < 1.29 is 4.74 Å². The largest absolute Gasteiger partial charge is 0.496 e. The van der Waals surface area contributed by atoms with Crippen molar-refractivity contribution in [3.63, 3.8) is 0 Å². The first-order valence-corrected chi connectivity index (χ1v) is 6.55. The number of nitrogens with two attached hydrogens (primary N) is 1. The van der Waals surface area contributed by atoms with E-state index in [1.54, 1.807) is 7.11 Å². The molecule has 0 aliphatic carbocycles. The Balaban J connectivity index is 2.63. The maximum absolute atomic E-state index is 6.13. The molecule has 1 unspecified atom stereocenters. The van der Waals surface area contributed by atoms with E-state index in [9.17, 15) is 0 Å². The maximum Gasteiger partial charge on any atom is 0.122 e. The van der Waals surface area contributed by atoms with Gasteiger partial charge in [0, 0.05) is 10.5 Å². The van der Waals surface area contributed by atoms with Gasteiger partial charge < -0.3 is 15.4 Å². The van der Waals surface area contributed by atoms with E-state index < -0.39 is 0 Å². The van der Waals surface area contributed by atoms with Crippen molar-refractivity contribution in [1.82, 2.24) is 4.90 Å². The van der Waals surface area contributed by atoms with Gasteiger partial charge in [0.15, 0.2) is 0 Å². The first-order valence-electron chi connectivity index (χ1n) is 5.75. The first kappa shape index (κ1) is 14.5. The van der Waals surface area contributed by atoms with Crippen LogP contribution in [0.3, 0.4) is 0 Å². The van der Waals surface area contributed by atoms with Crippen molar-refractivity contribution in [3.05, 3.63) is 28.2 Å². The lowest BCUT2D eigenvalue weighted by Crippen LogP contribution is -2.28. The molecule has 0 fully saturated rings. The van der Waals surface area contributed by atoms with Crippen LogP contribution in [0.1, 0.15) is 12.0 Å². The van der Waals surface area contributed by atoms with Gasteiger partial charge in [0.2, 0.25) is 0 Å². The summed E-state index contributed by atoms with van der Waals surface area (Å²) in [6, 6.07) is 6.20. The molecular weight excluding hydrogens is 280 g/mol. The molecule has 3 nitrogen and oxygen atoms in total. The highest BCUT2D eigenvalue weighted by Crippen LogP contribution is 2.24. The van der Waals surface area contributed by atoms with Crippen LogP contribution in [0.5, 0.6) is 5.75 Å². The van der Waals surface area contributed by atoms with E-state index in [4.69, 9.17) is 10.5 Å². The number of methoxy groups -OCH3 is 1. The molecule has 0 bridgehead atoms. The molecule has 0 saturated heterocycles. The summed E-state index contributed by atoms with van der Waals surface area (Å²) in [5.41, 5.74) is 7.29. The van der Waals surface area contributed by atoms with Gasteiger partial charge in [0.1, 0.15) is 5.75 Å². The van der Waals surface area contributed by atoms with Crippen molar-refractivity contribution in [1.29, 1.82) is 0 Å². The molecular formula is C13H21BrN2O. The summed E-state index contributed by atoms with van der Waals surface area (Å²) in [6.45, 7) is 1.01. The molecule has 0 saturated carbocycles. The fraction of sp³-hybridized carbons (Fsp3) is 0.538. The standard InChI is InChI=1S/C13H21BrN2O/c1-16(2)7-6-12(15)9-10-8-11(14)4-5-13(10)17-3/h4-5,8,12H,6-7,9,15H2,1-3H3. The SMILES string of the molecule is COc1ccc(Br)cc1CC(N)CCN(C)C. The Hall–Kier alpha value is -0.580. The minimum Gasteiger partial charge on any atom is -0.496 e. The second-order valence-corrected chi connectivity index (χ2v) is 5.43. The Labute approximate surface area is 112 Å². The third-order valence-corrected chi connectivity index (χ3v) is 3.16. The monoisotopic (exact) mass is 300 g/mol. The Kier molecular flexibility index (Phi) is 5.95. The minimum absolute atomic E-state index is 0.167. The van der Waals surface area contributed by atoms with E-state index >= 15 is 0 Å². The number of hydrogen-bond donors (Lipinski definition) is 1. The maximum atomic E-state index is 6.13. The van der Waals surface area contributed by atoms with Gasteiger partial charge in [-0.3, -0.25) is 0 Å². The molecule has 0 heterocycles. The van der Waals surface area contributed by atoms with Crippen LogP contribution in [0.2, 0.25) is 0 Å². The second-order valence-electron chi connectivity index (χ2n) is 4.51. The summed E-state index contributed by atoms with van der Waals surface area (Å²) in [4.78, 5) is 2.15. The van der Waals surface area contributed by atoms with Crippen molar-refractivity contribution in [2.45, 2.75) is 18.9 Å². The highest BCUT2D eigenvalue weighted by Gasteiger charge is 2.09. The molecule has 0 amide bonds. The van der Waals surface area contributed by atoms with E-state index in [1.807, 2.05) is 12.1 Å². The van der Waals surface area contributed by atoms with Crippen molar-refractivity contribution in [2.24, 2.45) is 5.73 Å². The van der Waals surface area contributed by atoms with Crippen molar-refractivity contribution >= 4 is 15.9 Å². The topological polar surface area (TPSA) is 38.5 Å². The molecule has 1 aromatic rings. The Morgan fingerprint density at radius 3 is 2.71 bits per heavy atom. The predicted octanol–water partition coefficient (Wildman–Crippen LogP) is 2.28. The Morgan fingerprint density at radius 1 is 1.41 bits per heavy atom. The molecule has 2 N–H and O–H groups in total. The molecule has 17 heavy (non-hydrogen) atoms. The van der Waals surface area contributed by atoms with Crippen LogP contribution >= 0.6 is 15.9 Å². The van der Waals surface area contributed by atoms with Gasteiger partial charge in [-0.1, -0.05) is 15.9 Å². The fourth-order valence-corrected chi connectivity index (χ4v) is 2.12. The van der Waals surface area contributed by atoms with Gasteiger partial charge in [-0.25, -0.2) is 0 Å². The molecule has 0 aliphatic heterocycles. The molecule has 1 aromatic carbocycles. The summed E-state index contributed by atoms with van der Waals surface area (Å²) in [7, 11) is 5.82. The van der Waals surface area contributed by atoms with E-state index in [0.29, 0.717) is 0 Å². The highest BCUT2D eigenvalue weighted by atomic mass is 79.9. The molecule has 4 heteroatoms. The van der Waals surface area contributed by atoms with E-state index in [1.165, 1.54) is 0 Å². The number of ether oxygens (including phenoxy) is 1. The quantitative estimate of drug-likeness (QED) is 0.876. The van der Waals surface area contributed by atoms with Gasteiger partial charge in [-0.2, -0.15) is 0 Å². The molecule has 96 valence electrons. The smallest absolute Gasteiger partial charge is 0.122 e. The minimum atomic E-state index is 0.167. The average molecular weight is 301 g/mol. The zero-order chi connectivity index (χ0) is 12.8. The third kappa shape index (κ3) is 5.06. The molecule has 0 aliphatic rings. The molecule has 0 radical (unpaired) electrons. The summed E-state index contributed by atoms with van der Waals surface area (Å²) < 4.78 is 6.40. The number of nitrogens with zero attached hydrogens (tertiary/aromatic N) is 1. The van der Waals surface area contributed by atoms with Crippen molar-refractivity contribution in [2.75, 3.05) is 27.7 Å². The van der Waals surface area contributed by atoms with Gasteiger partial charge in [-0.15, -0.1) is 0 Å². The number of halogens is 1. The second kappa shape index (κ2) is 6.99. The molecule has 0 spiro atoms. The van der Waals surface area contributed by atoms with Gasteiger partial charge in [-0.05, 0) is 57.2 Å². The highest BCUT2D eigenvalue weighted by molar-refractivity contribution is 9.10. The van der Waals surface area contributed by atoms with Crippen LogP contribution in [-0.2, 0) is 6.42 Å². The summed E-state index contributed by atoms with van der Waals surface area (Å²) in [5, 5.41) is 0. The van der Waals surface area contributed by atoms with E-state index in [0.717, 1.165) is 35.2 Å². The number of rotatable bonds is 6. The lowest BCUT2D eigenvalue weighted by molar-refractivity contribution is 0.375. The fourth-order valence-electron chi connectivity index (χ4n) is 1.72. The van der Waals surface area contributed by atoms with E-state index in [2.05, 4.69) is 41.0 Å². The van der Waals surface area contributed by atoms with Crippen LogP contribution in [0, 0.1) is 0 Å². The number of benzene rings is 1. The molecule has 0 aromatic heterocycles.